The lowest BCUT2D eigenvalue weighted by Gasteiger charge is -2.35. The van der Waals surface area contributed by atoms with Crippen molar-refractivity contribution in [2.75, 3.05) is 5.32 Å². The first-order valence-corrected chi connectivity index (χ1v) is 4.53. The molecule has 0 aliphatic carbocycles. The Morgan fingerprint density at radius 2 is 1.94 bits per heavy atom. The highest BCUT2D eigenvalue weighted by atomic mass is 19.4. The van der Waals surface area contributed by atoms with E-state index in [1.165, 1.54) is 18.2 Å². The zero-order valence-electron chi connectivity index (χ0n) is 8.01. The van der Waals surface area contributed by atoms with E-state index in [0.717, 1.165) is 6.07 Å². The molecular formula is C10H8F3NO2. The van der Waals surface area contributed by atoms with Crippen molar-refractivity contribution in [2.45, 2.75) is 18.2 Å². The molecule has 0 aromatic heterocycles. The number of carbonyl (C=O) groups excluding carboxylic acids is 1. The van der Waals surface area contributed by atoms with Crippen molar-refractivity contribution >= 4 is 11.6 Å². The third kappa shape index (κ3) is 1.46. The smallest absolute Gasteiger partial charge is 0.376 e. The van der Waals surface area contributed by atoms with Crippen molar-refractivity contribution in [3.05, 3.63) is 29.8 Å². The minimum absolute atomic E-state index is 0.00132. The molecule has 2 N–H and O–H groups in total. The average Bonchev–Trinajstić information content (AvgIpc) is 2.15. The molecule has 0 spiro atoms. The molecule has 3 nitrogen and oxygen atoms in total. The molecule has 1 aliphatic rings. The van der Waals surface area contributed by atoms with Gasteiger partial charge in [0.15, 0.2) is 5.60 Å². The van der Waals surface area contributed by atoms with Crippen LogP contribution in [0.4, 0.5) is 18.9 Å². The lowest BCUT2D eigenvalue weighted by atomic mass is 9.85. The Labute approximate surface area is 88.9 Å². The zero-order chi connectivity index (χ0) is 12.0. The Morgan fingerprint density at radius 3 is 2.56 bits per heavy atom. The third-order valence-electron chi connectivity index (χ3n) is 2.53. The number of alkyl halides is 3. The molecule has 1 aromatic rings. The fourth-order valence-corrected chi connectivity index (χ4v) is 1.73. The molecule has 0 saturated carbocycles. The van der Waals surface area contributed by atoms with Crippen LogP contribution in [0.25, 0.3) is 0 Å². The summed E-state index contributed by atoms with van der Waals surface area (Å²) in [4.78, 5) is 11.1. The minimum atomic E-state index is -4.87. The molecule has 86 valence electrons. The van der Waals surface area contributed by atoms with Gasteiger partial charge in [0, 0.05) is 11.3 Å². The third-order valence-corrected chi connectivity index (χ3v) is 2.53. The number of rotatable bonds is 0. The number of aliphatic hydroxyl groups is 1. The Bertz CT molecular complexity index is 444. The maximum absolute atomic E-state index is 12.7. The van der Waals surface area contributed by atoms with Gasteiger partial charge in [-0.15, -0.1) is 0 Å². The summed E-state index contributed by atoms with van der Waals surface area (Å²) in [6, 6.07) is 5.35. The summed E-state index contributed by atoms with van der Waals surface area (Å²) < 4.78 is 38.2. The van der Waals surface area contributed by atoms with E-state index < -0.39 is 24.1 Å². The van der Waals surface area contributed by atoms with Gasteiger partial charge < -0.3 is 10.4 Å². The molecule has 1 aromatic carbocycles. The molecular weight excluding hydrogens is 223 g/mol. The lowest BCUT2D eigenvalue weighted by Crippen LogP contribution is -2.48. The van der Waals surface area contributed by atoms with E-state index in [4.69, 9.17) is 0 Å². The normalized spacial score (nSPS) is 24.9. The minimum Gasteiger partial charge on any atom is -0.376 e. The van der Waals surface area contributed by atoms with Crippen LogP contribution >= 0.6 is 0 Å². The summed E-state index contributed by atoms with van der Waals surface area (Å²) in [5.41, 5.74) is -3.41. The van der Waals surface area contributed by atoms with E-state index in [9.17, 15) is 23.1 Å². The second-order valence-corrected chi connectivity index (χ2v) is 3.63. The van der Waals surface area contributed by atoms with Crippen LogP contribution in [0, 0.1) is 0 Å². The summed E-state index contributed by atoms with van der Waals surface area (Å²) >= 11 is 0. The van der Waals surface area contributed by atoms with Crippen molar-refractivity contribution in [2.24, 2.45) is 0 Å². The number of fused-ring (bicyclic) bond motifs is 1. The van der Waals surface area contributed by atoms with Gasteiger partial charge in [0.2, 0.25) is 5.91 Å². The molecule has 1 unspecified atom stereocenters. The summed E-state index contributed by atoms with van der Waals surface area (Å²) in [5, 5.41) is 11.9. The number of hydrogen-bond acceptors (Lipinski definition) is 2. The molecule has 1 aliphatic heterocycles. The van der Waals surface area contributed by atoms with Crippen LogP contribution in [0.1, 0.15) is 12.0 Å². The summed E-state index contributed by atoms with van der Waals surface area (Å²) in [7, 11) is 0. The van der Waals surface area contributed by atoms with Gasteiger partial charge >= 0.3 is 6.18 Å². The van der Waals surface area contributed by atoms with E-state index in [1.54, 1.807) is 0 Å². The highest BCUT2D eigenvalue weighted by molar-refractivity contribution is 5.95. The van der Waals surface area contributed by atoms with E-state index in [0.29, 0.717) is 0 Å². The van der Waals surface area contributed by atoms with Crippen LogP contribution in [-0.4, -0.2) is 17.2 Å². The highest BCUT2D eigenvalue weighted by Gasteiger charge is 2.58. The second-order valence-electron chi connectivity index (χ2n) is 3.63. The second kappa shape index (κ2) is 3.21. The molecule has 0 fully saturated rings. The fraction of sp³-hybridized carbons (Fsp3) is 0.300. The molecule has 6 heteroatoms. The number of para-hydroxylation sites is 1. The van der Waals surface area contributed by atoms with Gasteiger partial charge in [0.05, 0.1) is 6.42 Å². The van der Waals surface area contributed by atoms with Crippen LogP contribution in [-0.2, 0) is 10.4 Å². The van der Waals surface area contributed by atoms with Gasteiger partial charge in [-0.2, -0.15) is 13.2 Å². The molecule has 0 bridgehead atoms. The van der Waals surface area contributed by atoms with Crippen molar-refractivity contribution < 1.29 is 23.1 Å². The molecule has 0 saturated heterocycles. The van der Waals surface area contributed by atoms with Gasteiger partial charge in [0.25, 0.3) is 0 Å². The van der Waals surface area contributed by atoms with Crippen molar-refractivity contribution in [1.82, 2.24) is 0 Å². The van der Waals surface area contributed by atoms with E-state index in [-0.39, 0.29) is 11.3 Å². The molecule has 1 heterocycles. The Balaban J connectivity index is 2.61. The quantitative estimate of drug-likeness (QED) is 0.715. The maximum atomic E-state index is 12.7. The number of amides is 1. The Hall–Kier alpha value is -1.56. The van der Waals surface area contributed by atoms with E-state index in [1.807, 2.05) is 0 Å². The molecule has 2 rings (SSSR count). The first kappa shape index (κ1) is 10.9. The van der Waals surface area contributed by atoms with Crippen LogP contribution in [0.15, 0.2) is 24.3 Å². The molecule has 16 heavy (non-hydrogen) atoms. The zero-order valence-corrected chi connectivity index (χ0v) is 8.01. The standard InChI is InChI=1S/C10H8F3NO2/c11-10(12,13)9(16)5-8(15)14-7-4-2-1-3-6(7)9/h1-4,16H,5H2,(H,14,15). The maximum Gasteiger partial charge on any atom is 0.422 e. The topological polar surface area (TPSA) is 49.3 Å². The number of carbonyl (C=O) groups is 1. The number of benzene rings is 1. The summed E-state index contributed by atoms with van der Waals surface area (Å²) in [6.07, 6.45) is -5.88. The van der Waals surface area contributed by atoms with Gasteiger partial charge in [0.1, 0.15) is 0 Å². The van der Waals surface area contributed by atoms with Crippen molar-refractivity contribution in [1.29, 1.82) is 0 Å². The van der Waals surface area contributed by atoms with Crippen molar-refractivity contribution in [3.63, 3.8) is 0 Å². The van der Waals surface area contributed by atoms with Gasteiger partial charge in [-0.05, 0) is 6.07 Å². The van der Waals surface area contributed by atoms with Gasteiger partial charge in [-0.25, -0.2) is 0 Å². The van der Waals surface area contributed by atoms with Crippen LogP contribution in [0.3, 0.4) is 0 Å². The SMILES string of the molecule is O=C1CC(O)(C(F)(F)F)c2ccccc2N1. The van der Waals surface area contributed by atoms with Gasteiger partial charge in [-0.1, -0.05) is 18.2 Å². The number of anilines is 1. The fourth-order valence-electron chi connectivity index (χ4n) is 1.73. The predicted octanol–water partition coefficient (Wildman–Crippen LogP) is 1.78. The molecule has 0 radical (unpaired) electrons. The lowest BCUT2D eigenvalue weighted by molar-refractivity contribution is -0.267. The van der Waals surface area contributed by atoms with Crippen LogP contribution < -0.4 is 5.32 Å². The number of hydrogen-bond donors (Lipinski definition) is 2. The largest absolute Gasteiger partial charge is 0.422 e. The predicted molar refractivity (Wildman–Crippen MR) is 49.6 cm³/mol. The number of nitrogens with one attached hydrogen (secondary N) is 1. The van der Waals surface area contributed by atoms with E-state index >= 15 is 0 Å². The number of halogens is 3. The summed E-state index contributed by atoms with van der Waals surface area (Å²) in [6.45, 7) is 0. The molecule has 1 amide bonds. The van der Waals surface area contributed by atoms with Crippen LogP contribution in [0.5, 0.6) is 0 Å². The van der Waals surface area contributed by atoms with E-state index in [2.05, 4.69) is 5.32 Å². The Morgan fingerprint density at radius 1 is 1.31 bits per heavy atom. The summed E-state index contributed by atoms with van der Waals surface area (Å²) in [5.74, 6) is -0.849. The average molecular weight is 231 g/mol. The van der Waals surface area contributed by atoms with Gasteiger partial charge in [-0.3, -0.25) is 4.79 Å². The molecule has 1 atom stereocenters. The first-order chi connectivity index (χ1) is 7.34. The van der Waals surface area contributed by atoms with Crippen molar-refractivity contribution in [3.8, 4) is 0 Å². The highest BCUT2D eigenvalue weighted by Crippen LogP contribution is 2.46. The first-order valence-electron chi connectivity index (χ1n) is 4.53. The van der Waals surface area contributed by atoms with Crippen LogP contribution in [0.2, 0.25) is 0 Å². The Kier molecular flexibility index (Phi) is 2.20. The monoisotopic (exact) mass is 231 g/mol.